The number of halogens is 1. The maximum absolute atomic E-state index is 11.0. The highest BCUT2D eigenvalue weighted by Crippen LogP contribution is 2.27. The predicted molar refractivity (Wildman–Crippen MR) is 60.1 cm³/mol. The second-order valence-corrected chi connectivity index (χ2v) is 4.48. The van der Waals surface area contributed by atoms with Crippen molar-refractivity contribution in [1.29, 1.82) is 0 Å². The van der Waals surface area contributed by atoms with Gasteiger partial charge in [0.05, 0.1) is 17.2 Å². The number of aromatic carboxylic acids is 1. The van der Waals surface area contributed by atoms with Gasteiger partial charge in [0.15, 0.2) is 0 Å². The van der Waals surface area contributed by atoms with Gasteiger partial charge in [-0.15, -0.1) is 0 Å². The van der Waals surface area contributed by atoms with E-state index in [1.807, 2.05) is 6.92 Å². The summed E-state index contributed by atoms with van der Waals surface area (Å²) in [5, 5.41) is 9.50. The smallest absolute Gasteiger partial charge is 0.352 e. The molecule has 0 bridgehead atoms. The summed E-state index contributed by atoms with van der Waals surface area (Å²) in [5.74, 6) is -0.961. The molecule has 16 heavy (non-hydrogen) atoms. The van der Waals surface area contributed by atoms with Crippen LogP contribution in [-0.4, -0.2) is 28.4 Å². The van der Waals surface area contributed by atoms with Gasteiger partial charge < -0.3 is 14.4 Å². The second kappa shape index (κ2) is 4.47. The van der Waals surface area contributed by atoms with Gasteiger partial charge in [0.2, 0.25) is 0 Å². The molecule has 4 nitrogen and oxygen atoms in total. The average molecular weight is 244 g/mol. The number of carbonyl (C=O) groups is 1. The van der Waals surface area contributed by atoms with E-state index in [2.05, 4.69) is 0 Å². The lowest BCUT2D eigenvalue weighted by Crippen LogP contribution is -2.23. The number of hydrogen-bond acceptors (Lipinski definition) is 2. The maximum Gasteiger partial charge on any atom is 0.352 e. The van der Waals surface area contributed by atoms with Gasteiger partial charge >= 0.3 is 5.97 Å². The first-order valence-corrected chi connectivity index (χ1v) is 5.69. The number of ether oxygens (including phenoxy) is 1. The standard InChI is InChI=1S/C11H14ClNO3/c1-7(10-3-2-4-16-10)13-6-8(12)5-9(13)11(14)15/h5-7,10H,2-4H2,1H3,(H,14,15). The first-order valence-electron chi connectivity index (χ1n) is 5.32. The Morgan fingerprint density at radius 1 is 1.75 bits per heavy atom. The van der Waals surface area contributed by atoms with Crippen molar-refractivity contribution in [2.45, 2.75) is 31.9 Å². The van der Waals surface area contributed by atoms with Gasteiger partial charge in [0, 0.05) is 12.8 Å². The van der Waals surface area contributed by atoms with E-state index in [-0.39, 0.29) is 17.8 Å². The quantitative estimate of drug-likeness (QED) is 0.888. The SMILES string of the molecule is CC(C1CCCO1)n1cc(Cl)cc1C(=O)O. The number of aromatic nitrogens is 1. The normalized spacial score (nSPS) is 22.2. The van der Waals surface area contributed by atoms with Crippen molar-refractivity contribution in [2.75, 3.05) is 6.61 Å². The van der Waals surface area contributed by atoms with Crippen molar-refractivity contribution in [3.63, 3.8) is 0 Å². The Balaban J connectivity index is 2.27. The first-order chi connectivity index (χ1) is 7.59. The van der Waals surface area contributed by atoms with Crippen molar-refractivity contribution in [3.05, 3.63) is 23.0 Å². The Labute approximate surface area is 98.8 Å². The largest absolute Gasteiger partial charge is 0.477 e. The summed E-state index contributed by atoms with van der Waals surface area (Å²) >= 11 is 5.84. The van der Waals surface area contributed by atoms with E-state index in [0.29, 0.717) is 5.02 Å². The summed E-state index contributed by atoms with van der Waals surface area (Å²) in [6, 6.07) is 1.47. The van der Waals surface area contributed by atoms with Crippen LogP contribution in [0.2, 0.25) is 5.02 Å². The van der Waals surface area contributed by atoms with Gasteiger partial charge in [-0.1, -0.05) is 11.6 Å². The molecule has 0 amide bonds. The van der Waals surface area contributed by atoms with Crippen LogP contribution in [0.15, 0.2) is 12.3 Å². The molecule has 2 unspecified atom stereocenters. The molecule has 0 spiro atoms. The van der Waals surface area contributed by atoms with Gasteiger partial charge in [0.1, 0.15) is 5.69 Å². The van der Waals surface area contributed by atoms with Crippen LogP contribution in [0.4, 0.5) is 0 Å². The molecule has 1 N–H and O–H groups in total. The molecule has 0 aliphatic carbocycles. The molecule has 1 aliphatic heterocycles. The van der Waals surface area contributed by atoms with Crippen LogP contribution in [0.3, 0.4) is 0 Å². The molecule has 0 saturated carbocycles. The van der Waals surface area contributed by atoms with Crippen molar-refractivity contribution < 1.29 is 14.6 Å². The van der Waals surface area contributed by atoms with Crippen molar-refractivity contribution >= 4 is 17.6 Å². The summed E-state index contributed by atoms with van der Waals surface area (Å²) in [6.07, 6.45) is 3.74. The fourth-order valence-electron chi connectivity index (χ4n) is 2.12. The third kappa shape index (κ3) is 2.08. The predicted octanol–water partition coefficient (Wildman–Crippen LogP) is 2.58. The van der Waals surface area contributed by atoms with Gasteiger partial charge in [-0.3, -0.25) is 0 Å². The van der Waals surface area contributed by atoms with E-state index in [1.165, 1.54) is 6.07 Å². The van der Waals surface area contributed by atoms with Crippen LogP contribution in [0, 0.1) is 0 Å². The molecular formula is C11H14ClNO3. The highest BCUT2D eigenvalue weighted by molar-refractivity contribution is 6.30. The summed E-state index contributed by atoms with van der Waals surface area (Å²) in [4.78, 5) is 11.0. The molecule has 1 saturated heterocycles. The molecule has 1 fully saturated rings. The lowest BCUT2D eigenvalue weighted by molar-refractivity contribution is 0.0622. The van der Waals surface area contributed by atoms with Crippen LogP contribution in [0.25, 0.3) is 0 Å². The van der Waals surface area contributed by atoms with E-state index in [1.54, 1.807) is 10.8 Å². The second-order valence-electron chi connectivity index (χ2n) is 4.05. The first kappa shape index (κ1) is 11.5. The Kier molecular flexibility index (Phi) is 3.21. The third-order valence-corrected chi connectivity index (χ3v) is 3.18. The molecule has 2 heterocycles. The molecule has 1 aromatic rings. The zero-order chi connectivity index (χ0) is 11.7. The summed E-state index contributed by atoms with van der Waals surface area (Å²) in [7, 11) is 0. The van der Waals surface area contributed by atoms with Crippen LogP contribution in [0.1, 0.15) is 36.3 Å². The number of nitrogens with zero attached hydrogens (tertiary/aromatic N) is 1. The number of carboxylic acids is 1. The molecular weight excluding hydrogens is 230 g/mol. The number of carboxylic acid groups (broad SMARTS) is 1. The van der Waals surface area contributed by atoms with E-state index in [0.717, 1.165) is 19.4 Å². The van der Waals surface area contributed by atoms with Crippen LogP contribution < -0.4 is 0 Å². The molecule has 88 valence electrons. The number of rotatable bonds is 3. The average Bonchev–Trinajstić information content (AvgIpc) is 2.84. The van der Waals surface area contributed by atoms with E-state index in [9.17, 15) is 4.79 Å². The molecule has 2 rings (SSSR count). The minimum absolute atomic E-state index is 0.00102. The monoisotopic (exact) mass is 243 g/mol. The van der Waals surface area contributed by atoms with Gasteiger partial charge in [-0.2, -0.15) is 0 Å². The summed E-state index contributed by atoms with van der Waals surface area (Å²) < 4.78 is 7.24. The van der Waals surface area contributed by atoms with Crippen molar-refractivity contribution in [1.82, 2.24) is 4.57 Å². The molecule has 0 radical (unpaired) electrons. The Hall–Kier alpha value is -1.00. The van der Waals surface area contributed by atoms with E-state index in [4.69, 9.17) is 21.4 Å². The zero-order valence-electron chi connectivity index (χ0n) is 9.02. The van der Waals surface area contributed by atoms with Gasteiger partial charge in [-0.25, -0.2) is 4.79 Å². The van der Waals surface area contributed by atoms with E-state index >= 15 is 0 Å². The molecule has 5 heteroatoms. The van der Waals surface area contributed by atoms with Crippen molar-refractivity contribution in [2.24, 2.45) is 0 Å². The van der Waals surface area contributed by atoms with Crippen LogP contribution in [-0.2, 0) is 4.74 Å². The third-order valence-electron chi connectivity index (χ3n) is 2.98. The molecule has 0 aromatic carbocycles. The topological polar surface area (TPSA) is 51.5 Å². The Bertz CT molecular complexity index is 396. The molecule has 1 aromatic heterocycles. The molecule has 2 atom stereocenters. The van der Waals surface area contributed by atoms with Crippen LogP contribution >= 0.6 is 11.6 Å². The maximum atomic E-state index is 11.0. The van der Waals surface area contributed by atoms with E-state index < -0.39 is 5.97 Å². The van der Waals surface area contributed by atoms with Crippen LogP contribution in [0.5, 0.6) is 0 Å². The Morgan fingerprint density at radius 3 is 3.06 bits per heavy atom. The lowest BCUT2D eigenvalue weighted by atomic mass is 10.1. The van der Waals surface area contributed by atoms with Gasteiger partial charge in [-0.05, 0) is 25.8 Å². The zero-order valence-corrected chi connectivity index (χ0v) is 9.78. The lowest BCUT2D eigenvalue weighted by Gasteiger charge is -2.21. The Morgan fingerprint density at radius 2 is 2.50 bits per heavy atom. The number of hydrogen-bond donors (Lipinski definition) is 1. The fourth-order valence-corrected chi connectivity index (χ4v) is 2.32. The summed E-state index contributed by atoms with van der Waals surface area (Å²) in [6.45, 7) is 2.71. The summed E-state index contributed by atoms with van der Waals surface area (Å²) in [5.41, 5.74) is 0.216. The van der Waals surface area contributed by atoms with Gasteiger partial charge in [0.25, 0.3) is 0 Å². The molecule has 1 aliphatic rings. The fraction of sp³-hybridized carbons (Fsp3) is 0.545. The minimum Gasteiger partial charge on any atom is -0.477 e. The highest BCUT2D eigenvalue weighted by Gasteiger charge is 2.26. The van der Waals surface area contributed by atoms with Crippen molar-refractivity contribution in [3.8, 4) is 0 Å². The minimum atomic E-state index is -0.961. The highest BCUT2D eigenvalue weighted by atomic mass is 35.5.